The first-order valence-corrected chi connectivity index (χ1v) is 4.72. The fraction of sp³-hybridized carbons (Fsp3) is 0.625. The van der Waals surface area contributed by atoms with Crippen molar-refractivity contribution in [2.24, 2.45) is 0 Å². The molecule has 0 fully saturated rings. The number of methoxy groups -OCH3 is 1. The van der Waals surface area contributed by atoms with Crippen molar-refractivity contribution in [3.05, 3.63) is 0 Å². The van der Waals surface area contributed by atoms with Crippen molar-refractivity contribution >= 4 is 41.5 Å². The van der Waals surface area contributed by atoms with E-state index >= 15 is 0 Å². The largest absolute Gasteiger partial charge is 0.680 e. The van der Waals surface area contributed by atoms with Crippen LogP contribution in [-0.2, 0) is 23.7 Å². The predicted molar refractivity (Wildman–Crippen MR) is 58.9 cm³/mol. The Morgan fingerprint density at radius 1 is 1.27 bits per heavy atom. The fourth-order valence-electron chi connectivity index (χ4n) is 0.643. The van der Waals surface area contributed by atoms with Gasteiger partial charge in [0.25, 0.3) is 0 Å². The molecular weight excluding hydrogens is 240 g/mol. The van der Waals surface area contributed by atoms with Gasteiger partial charge < -0.3 is 43.4 Å². The number of esters is 1. The highest BCUT2D eigenvalue weighted by molar-refractivity contribution is 7.78. The van der Waals surface area contributed by atoms with Gasteiger partial charge in [0, 0.05) is 0 Å². The molecule has 0 saturated carbocycles. The predicted octanol–water partition coefficient (Wildman–Crippen LogP) is 0.246. The highest BCUT2D eigenvalue weighted by Crippen LogP contribution is 1.95. The Morgan fingerprint density at radius 2 is 1.80 bits per heavy atom. The number of hydrogen-bond acceptors (Lipinski definition) is 7. The molecule has 5 nitrogen and oxygen atoms in total. The van der Waals surface area contributed by atoms with Crippen molar-refractivity contribution in [1.82, 2.24) is 0 Å². The minimum Gasteiger partial charge on any atom is -0.680 e. The van der Waals surface area contributed by atoms with Crippen LogP contribution in [0.25, 0.3) is 0 Å². The number of carbonyl (C=O) groups excluding carboxylic acids is 1. The second-order valence-electron chi connectivity index (χ2n) is 2.30. The third-order valence-corrected chi connectivity index (χ3v) is 1.56. The zero-order chi connectivity index (χ0) is 11.5. The van der Waals surface area contributed by atoms with E-state index in [1.807, 2.05) is 0 Å². The lowest BCUT2D eigenvalue weighted by molar-refractivity contribution is -0.149. The molecule has 0 N–H and O–H groups in total. The Bertz CT molecular complexity index is 197. The van der Waals surface area contributed by atoms with Crippen LogP contribution in [0.5, 0.6) is 0 Å². The van der Waals surface area contributed by atoms with Crippen molar-refractivity contribution in [3.63, 3.8) is 0 Å². The molecule has 0 spiro atoms. The smallest absolute Gasteiger partial charge is 0.331 e. The van der Waals surface area contributed by atoms with Gasteiger partial charge in [-0.2, -0.15) is 0 Å². The lowest BCUT2D eigenvalue weighted by Crippen LogP contribution is -2.28. The molecule has 0 rings (SSSR count). The second-order valence-corrected chi connectivity index (χ2v) is 2.63. The Kier molecular flexibility index (Phi) is 9.24. The average Bonchev–Trinajstić information content (AvgIpc) is 2.27. The molecular formula is C8H10O5S2-2. The number of thiocarbonyl (C=S) groups is 2. The molecule has 0 aromatic heterocycles. The van der Waals surface area contributed by atoms with E-state index in [4.69, 9.17) is 14.2 Å². The van der Waals surface area contributed by atoms with E-state index in [9.17, 15) is 4.79 Å². The highest BCUT2D eigenvalue weighted by Gasteiger charge is 2.09. The Balaban J connectivity index is 3.82. The average molecular weight is 250 g/mol. The lowest BCUT2D eigenvalue weighted by atomic mass is 10.4. The molecule has 0 aliphatic carbocycles. The van der Waals surface area contributed by atoms with Crippen LogP contribution >= 0.6 is 24.4 Å². The Labute approximate surface area is 98.6 Å². The quantitative estimate of drug-likeness (QED) is 0.330. The molecule has 0 aromatic carbocycles. The van der Waals surface area contributed by atoms with Crippen molar-refractivity contribution in [1.29, 1.82) is 0 Å². The van der Waals surface area contributed by atoms with Crippen molar-refractivity contribution in [2.75, 3.05) is 26.9 Å². The molecule has 0 unspecified atom stereocenters. The van der Waals surface area contributed by atoms with Crippen LogP contribution in [0.2, 0.25) is 0 Å². The first-order valence-electron chi connectivity index (χ1n) is 3.90. The first kappa shape index (κ1) is 14.2. The molecule has 15 heavy (non-hydrogen) atoms. The van der Waals surface area contributed by atoms with Gasteiger partial charge in [-0.1, -0.05) is 0 Å². The van der Waals surface area contributed by atoms with E-state index in [0.717, 1.165) is 0 Å². The number of ether oxygens (including phenoxy) is 4. The molecule has 0 aliphatic rings. The summed E-state index contributed by atoms with van der Waals surface area (Å²) < 4.78 is 18.9. The fourth-order valence-corrected chi connectivity index (χ4v) is 0.779. The van der Waals surface area contributed by atoms with Crippen LogP contribution in [0.1, 0.15) is 0 Å². The maximum atomic E-state index is 10.8. The number of rotatable bonds is 9. The molecule has 0 aromatic rings. The normalized spacial score (nSPS) is 9.47. The monoisotopic (exact) mass is 250 g/mol. The summed E-state index contributed by atoms with van der Waals surface area (Å²) in [6, 6.07) is 0. The molecule has 0 amide bonds. The zero-order valence-electron chi connectivity index (χ0n) is 8.06. The van der Waals surface area contributed by atoms with Gasteiger partial charge in [0.15, 0.2) is 0 Å². The van der Waals surface area contributed by atoms with Crippen LogP contribution in [0.15, 0.2) is 0 Å². The molecule has 0 atom stereocenters. The highest BCUT2D eigenvalue weighted by atomic mass is 32.1. The molecule has 0 radical (unpaired) electrons. The van der Waals surface area contributed by atoms with Gasteiger partial charge in [-0.3, -0.25) is 0 Å². The van der Waals surface area contributed by atoms with Gasteiger partial charge in [-0.15, -0.1) is 0 Å². The topological polar surface area (TPSA) is 54.0 Å². The summed E-state index contributed by atoms with van der Waals surface area (Å²) in [5.41, 5.74) is 4.12. The van der Waals surface area contributed by atoms with Crippen LogP contribution in [0, 0.1) is 0 Å². The molecule has 7 heteroatoms. The summed E-state index contributed by atoms with van der Waals surface area (Å²) >= 11 is 8.69. The maximum absolute atomic E-state index is 10.8. The maximum Gasteiger partial charge on any atom is 0.331 e. The number of carbonyl (C=O) groups is 1. The standard InChI is InChI=1S/C8H10O5S2/c1-10-8(9)4-13-7(2-11-5-14)3-12-6-15/h7H,2-4H2,1H3/q-2. The third-order valence-electron chi connectivity index (χ3n) is 1.32. The van der Waals surface area contributed by atoms with Gasteiger partial charge in [-0.25, -0.2) is 15.9 Å². The summed E-state index contributed by atoms with van der Waals surface area (Å²) in [6.07, 6.45) is -0.477. The summed E-state index contributed by atoms with van der Waals surface area (Å²) in [6.45, 7) is 0.0533. The minimum absolute atomic E-state index is 0.123. The van der Waals surface area contributed by atoms with Crippen LogP contribution in [0.4, 0.5) is 0 Å². The van der Waals surface area contributed by atoms with Crippen LogP contribution < -0.4 is 0 Å². The van der Waals surface area contributed by atoms with Gasteiger partial charge in [0.05, 0.1) is 20.3 Å². The summed E-state index contributed by atoms with van der Waals surface area (Å²) in [4.78, 5) is 10.8. The number of hydrogen-bond donors (Lipinski definition) is 0. The first-order chi connectivity index (χ1) is 7.24. The van der Waals surface area contributed by atoms with E-state index in [2.05, 4.69) is 40.3 Å². The molecule has 0 bridgehead atoms. The van der Waals surface area contributed by atoms with Crippen molar-refractivity contribution in [2.45, 2.75) is 6.10 Å². The molecule has 0 saturated heterocycles. The molecule has 0 aliphatic heterocycles. The van der Waals surface area contributed by atoms with E-state index in [-0.39, 0.29) is 19.8 Å². The van der Waals surface area contributed by atoms with E-state index in [1.54, 1.807) is 0 Å². The lowest BCUT2D eigenvalue weighted by Gasteiger charge is -2.23. The summed E-state index contributed by atoms with van der Waals surface area (Å²) in [5.74, 6) is -0.488. The molecule has 86 valence electrons. The van der Waals surface area contributed by atoms with Crippen molar-refractivity contribution < 1.29 is 23.7 Å². The van der Waals surface area contributed by atoms with E-state index < -0.39 is 12.1 Å². The van der Waals surface area contributed by atoms with Gasteiger partial charge in [0.1, 0.15) is 12.7 Å². The second kappa shape index (κ2) is 9.75. The van der Waals surface area contributed by atoms with Gasteiger partial charge >= 0.3 is 5.97 Å². The SMILES string of the molecule is COC(=O)COC(CO[C-]=S)CO[C-]=S. The molecule has 0 heterocycles. The van der Waals surface area contributed by atoms with Crippen LogP contribution in [0.3, 0.4) is 0 Å². The van der Waals surface area contributed by atoms with Gasteiger partial charge in [-0.05, 0) is 0 Å². The third kappa shape index (κ3) is 8.22. The van der Waals surface area contributed by atoms with Crippen molar-refractivity contribution in [3.8, 4) is 0 Å². The zero-order valence-corrected chi connectivity index (χ0v) is 9.69. The Hall–Kier alpha value is -0.790. The van der Waals surface area contributed by atoms with E-state index in [1.165, 1.54) is 7.11 Å². The minimum atomic E-state index is -0.488. The summed E-state index contributed by atoms with van der Waals surface area (Å²) in [7, 11) is 1.27. The van der Waals surface area contributed by atoms with Crippen LogP contribution in [-0.4, -0.2) is 50.1 Å². The van der Waals surface area contributed by atoms with Gasteiger partial charge in [0.2, 0.25) is 0 Å². The Morgan fingerprint density at radius 3 is 2.20 bits per heavy atom. The van der Waals surface area contributed by atoms with E-state index in [0.29, 0.717) is 0 Å². The summed E-state index contributed by atoms with van der Waals surface area (Å²) in [5, 5.41) is 0.